The van der Waals surface area contributed by atoms with E-state index in [2.05, 4.69) is 17.6 Å². The summed E-state index contributed by atoms with van der Waals surface area (Å²) in [5, 5.41) is 9.86. The fraction of sp³-hybridized carbons (Fsp3) is 0.533. The van der Waals surface area contributed by atoms with Crippen LogP contribution >= 0.6 is 0 Å². The van der Waals surface area contributed by atoms with Gasteiger partial charge in [-0.2, -0.15) is 0 Å². The fourth-order valence-corrected chi connectivity index (χ4v) is 3.32. The van der Waals surface area contributed by atoms with Gasteiger partial charge in [0.2, 0.25) is 10.0 Å². The normalized spacial score (nSPS) is 22.3. The number of primary sulfonamides is 1. The molecule has 0 bridgehead atoms. The van der Waals surface area contributed by atoms with Crippen molar-refractivity contribution in [1.29, 1.82) is 0 Å². The molecule has 1 saturated carbocycles. The molecule has 7 heteroatoms. The Balaban J connectivity index is 1.84. The van der Waals surface area contributed by atoms with Crippen molar-refractivity contribution in [3.8, 4) is 0 Å². The second-order valence-corrected chi connectivity index (χ2v) is 7.64. The van der Waals surface area contributed by atoms with E-state index in [-0.39, 0.29) is 10.8 Å². The molecule has 0 radical (unpaired) electrons. The minimum absolute atomic E-state index is 0.00412. The van der Waals surface area contributed by atoms with E-state index >= 15 is 0 Å². The number of rotatable bonds is 5. The fourth-order valence-electron chi connectivity index (χ4n) is 2.76. The van der Waals surface area contributed by atoms with Gasteiger partial charge in [-0.15, -0.1) is 0 Å². The second kappa shape index (κ2) is 7.21. The minimum Gasteiger partial charge on any atom is -0.336 e. The van der Waals surface area contributed by atoms with Crippen LogP contribution in [0.5, 0.6) is 0 Å². The van der Waals surface area contributed by atoms with Crippen LogP contribution in [0.25, 0.3) is 0 Å². The highest BCUT2D eigenvalue weighted by molar-refractivity contribution is 7.89. The van der Waals surface area contributed by atoms with Crippen LogP contribution in [0.15, 0.2) is 29.2 Å². The van der Waals surface area contributed by atoms with Crippen molar-refractivity contribution in [2.75, 3.05) is 11.9 Å². The van der Waals surface area contributed by atoms with Crippen molar-refractivity contribution < 1.29 is 18.5 Å². The molecule has 0 aliphatic heterocycles. The van der Waals surface area contributed by atoms with E-state index in [1.54, 1.807) is 12.1 Å². The first-order chi connectivity index (χ1) is 10.3. The lowest BCUT2D eigenvalue weighted by Gasteiger charge is -2.24. The van der Waals surface area contributed by atoms with Crippen molar-refractivity contribution in [1.82, 2.24) is 0 Å². The van der Waals surface area contributed by atoms with Crippen LogP contribution in [0.1, 0.15) is 32.6 Å². The standard InChI is InChI=1S/C15H23N3O3S/c1-11-5-7-12(8-6-11)17-10-15(19)18-13-3-2-4-14(9-13)22(16,20)21/h2-4,9,11-12,17H,5-8,10H2,1H3,(H,18,19)(H2,16,20,21)/p+1. The van der Waals surface area contributed by atoms with E-state index in [4.69, 9.17) is 5.14 Å². The van der Waals surface area contributed by atoms with Gasteiger partial charge in [-0.3, -0.25) is 4.79 Å². The Labute approximate surface area is 131 Å². The molecule has 1 aromatic carbocycles. The molecule has 122 valence electrons. The molecular formula is C15H24N3O3S+. The van der Waals surface area contributed by atoms with Crippen molar-refractivity contribution in [2.24, 2.45) is 11.1 Å². The second-order valence-electron chi connectivity index (χ2n) is 6.08. The summed E-state index contributed by atoms with van der Waals surface area (Å²) < 4.78 is 22.6. The topological polar surface area (TPSA) is 106 Å². The number of anilines is 1. The molecule has 0 heterocycles. The van der Waals surface area contributed by atoms with Gasteiger partial charge in [-0.1, -0.05) is 13.0 Å². The molecule has 0 aromatic heterocycles. The summed E-state index contributed by atoms with van der Waals surface area (Å²) in [5.41, 5.74) is 0.446. The van der Waals surface area contributed by atoms with Crippen molar-refractivity contribution in [2.45, 2.75) is 43.5 Å². The number of nitrogens with one attached hydrogen (secondary N) is 1. The third-order valence-corrected chi connectivity index (χ3v) is 5.05. The molecule has 5 N–H and O–H groups in total. The van der Waals surface area contributed by atoms with Gasteiger partial charge in [0.05, 0.1) is 10.9 Å². The predicted molar refractivity (Wildman–Crippen MR) is 84.7 cm³/mol. The third kappa shape index (κ3) is 5.08. The highest BCUT2D eigenvalue weighted by Crippen LogP contribution is 2.21. The lowest BCUT2D eigenvalue weighted by molar-refractivity contribution is -0.681. The molecule has 1 aliphatic carbocycles. The van der Waals surface area contributed by atoms with Gasteiger partial charge in [-0.25, -0.2) is 13.6 Å². The number of nitrogens with two attached hydrogens (primary N) is 2. The van der Waals surface area contributed by atoms with Crippen LogP contribution in [-0.2, 0) is 14.8 Å². The van der Waals surface area contributed by atoms with Gasteiger partial charge in [0, 0.05) is 5.69 Å². The molecule has 1 amide bonds. The van der Waals surface area contributed by atoms with Crippen LogP contribution < -0.4 is 15.8 Å². The number of amides is 1. The Hall–Kier alpha value is -1.44. The highest BCUT2D eigenvalue weighted by Gasteiger charge is 2.21. The maximum atomic E-state index is 12.0. The summed E-state index contributed by atoms with van der Waals surface area (Å²) >= 11 is 0. The van der Waals surface area contributed by atoms with Crippen LogP contribution in [0, 0.1) is 5.92 Å². The number of sulfonamides is 1. The third-order valence-electron chi connectivity index (χ3n) is 4.14. The van der Waals surface area contributed by atoms with E-state index in [0.717, 1.165) is 18.8 Å². The first-order valence-electron chi connectivity index (χ1n) is 7.60. The van der Waals surface area contributed by atoms with Crippen LogP contribution in [0.2, 0.25) is 0 Å². The maximum absolute atomic E-state index is 12.0. The molecule has 0 spiro atoms. The van der Waals surface area contributed by atoms with Gasteiger partial charge in [0.15, 0.2) is 6.54 Å². The Morgan fingerprint density at radius 3 is 2.64 bits per heavy atom. The summed E-state index contributed by atoms with van der Waals surface area (Å²) in [5.74, 6) is 0.657. The Kier molecular flexibility index (Phi) is 5.55. The van der Waals surface area contributed by atoms with E-state index in [1.165, 1.54) is 25.0 Å². The van der Waals surface area contributed by atoms with E-state index in [0.29, 0.717) is 18.3 Å². The smallest absolute Gasteiger partial charge is 0.279 e. The number of benzene rings is 1. The average molecular weight is 326 g/mol. The van der Waals surface area contributed by atoms with Crippen LogP contribution in [0.4, 0.5) is 5.69 Å². The quantitative estimate of drug-likeness (QED) is 0.730. The summed E-state index contributed by atoms with van der Waals surface area (Å²) in [6.45, 7) is 2.61. The molecule has 0 saturated heterocycles. The van der Waals surface area contributed by atoms with Gasteiger partial charge < -0.3 is 10.6 Å². The van der Waals surface area contributed by atoms with Crippen molar-refractivity contribution >= 4 is 21.6 Å². The summed E-state index contributed by atoms with van der Waals surface area (Å²) in [4.78, 5) is 12.0. The molecule has 22 heavy (non-hydrogen) atoms. The summed E-state index contributed by atoms with van der Waals surface area (Å²) in [6, 6.07) is 6.49. The first-order valence-corrected chi connectivity index (χ1v) is 9.15. The molecule has 6 nitrogen and oxygen atoms in total. The first kappa shape index (κ1) is 16.9. The molecular weight excluding hydrogens is 302 g/mol. The predicted octanol–water partition coefficient (Wildman–Crippen LogP) is 0.415. The molecule has 1 aliphatic rings. The number of quaternary nitrogens is 1. The Bertz CT molecular complexity index is 623. The van der Waals surface area contributed by atoms with Crippen molar-refractivity contribution in [3.05, 3.63) is 24.3 Å². The van der Waals surface area contributed by atoms with Crippen molar-refractivity contribution in [3.63, 3.8) is 0 Å². The zero-order chi connectivity index (χ0) is 16.2. The molecule has 1 fully saturated rings. The minimum atomic E-state index is -3.75. The molecule has 0 unspecified atom stereocenters. The summed E-state index contributed by atoms with van der Waals surface area (Å²) in [7, 11) is -3.75. The molecule has 2 rings (SSSR count). The average Bonchev–Trinajstić information content (AvgIpc) is 2.46. The Morgan fingerprint density at radius 2 is 2.00 bits per heavy atom. The van der Waals surface area contributed by atoms with Gasteiger partial charge in [0.25, 0.3) is 5.91 Å². The number of carbonyl (C=O) groups excluding carboxylic acids is 1. The monoisotopic (exact) mass is 326 g/mol. The van der Waals surface area contributed by atoms with Gasteiger partial charge in [0.1, 0.15) is 0 Å². The largest absolute Gasteiger partial charge is 0.336 e. The van der Waals surface area contributed by atoms with Gasteiger partial charge >= 0.3 is 0 Å². The number of hydrogen-bond acceptors (Lipinski definition) is 3. The van der Waals surface area contributed by atoms with E-state index in [1.807, 2.05) is 0 Å². The zero-order valence-corrected chi connectivity index (χ0v) is 13.6. The lowest BCUT2D eigenvalue weighted by atomic mass is 9.87. The van der Waals surface area contributed by atoms with E-state index < -0.39 is 10.0 Å². The summed E-state index contributed by atoms with van der Waals surface area (Å²) in [6.07, 6.45) is 4.74. The highest BCUT2D eigenvalue weighted by atomic mass is 32.2. The van der Waals surface area contributed by atoms with Crippen LogP contribution in [-0.4, -0.2) is 26.9 Å². The number of hydrogen-bond donors (Lipinski definition) is 3. The molecule has 1 aromatic rings. The maximum Gasteiger partial charge on any atom is 0.279 e. The zero-order valence-electron chi connectivity index (χ0n) is 12.8. The van der Waals surface area contributed by atoms with Crippen LogP contribution in [0.3, 0.4) is 0 Å². The van der Waals surface area contributed by atoms with E-state index in [9.17, 15) is 13.2 Å². The number of carbonyl (C=O) groups is 1. The Morgan fingerprint density at radius 1 is 1.32 bits per heavy atom. The van der Waals surface area contributed by atoms with Gasteiger partial charge in [-0.05, 0) is 49.8 Å². The molecule has 0 atom stereocenters. The SMILES string of the molecule is CC1CCC([NH2+]CC(=O)Nc2cccc(S(N)(=O)=O)c2)CC1. The lowest BCUT2D eigenvalue weighted by Crippen LogP contribution is -2.92.